The third-order valence-corrected chi connectivity index (χ3v) is 3.31. The van der Waals surface area contributed by atoms with Gasteiger partial charge in [-0.05, 0) is 39.7 Å². The third kappa shape index (κ3) is 2.75. The fourth-order valence-electron chi connectivity index (χ4n) is 2.04. The molecule has 1 aliphatic rings. The van der Waals surface area contributed by atoms with E-state index in [1.54, 1.807) is 25.1 Å². The van der Waals surface area contributed by atoms with Crippen molar-refractivity contribution in [3.05, 3.63) is 50.7 Å². The number of benzene rings is 1. The fourth-order valence-corrected chi connectivity index (χ4v) is 2.33. The maximum atomic E-state index is 11.0. The summed E-state index contributed by atoms with van der Waals surface area (Å²) in [5, 5.41) is 11.4. The molecule has 22 heavy (non-hydrogen) atoms. The van der Waals surface area contributed by atoms with Crippen LogP contribution in [0.3, 0.4) is 0 Å². The number of aromatic nitrogens is 1. The van der Waals surface area contributed by atoms with Crippen molar-refractivity contribution in [2.24, 2.45) is 0 Å². The highest BCUT2D eigenvalue weighted by atomic mass is 35.5. The van der Waals surface area contributed by atoms with E-state index >= 15 is 0 Å². The Hall–Kier alpha value is -2.54. The summed E-state index contributed by atoms with van der Waals surface area (Å²) in [4.78, 5) is 14.3. The van der Waals surface area contributed by atoms with Crippen LogP contribution in [0.4, 0.5) is 5.82 Å². The van der Waals surface area contributed by atoms with E-state index in [1.807, 2.05) is 0 Å². The largest absolute Gasteiger partial charge is 0.481 e. The van der Waals surface area contributed by atoms with E-state index in [4.69, 9.17) is 25.8 Å². The summed E-state index contributed by atoms with van der Waals surface area (Å²) in [5.41, 5.74) is 1.26. The highest BCUT2D eigenvalue weighted by molar-refractivity contribution is 6.32. The molecule has 0 fully saturated rings. The molecule has 1 aliphatic heterocycles. The number of aryl methyl sites for hydroxylation is 1. The Morgan fingerprint density at radius 1 is 1.41 bits per heavy atom. The van der Waals surface area contributed by atoms with Crippen molar-refractivity contribution in [1.29, 1.82) is 0 Å². The number of halogens is 1. The molecular formula is C14H11ClN2O5. The van der Waals surface area contributed by atoms with Gasteiger partial charge in [0.2, 0.25) is 12.5 Å². The molecule has 2 aromatic rings. The number of pyridine rings is 1. The van der Waals surface area contributed by atoms with E-state index < -0.39 is 4.92 Å². The number of hydrogen-bond acceptors (Lipinski definition) is 6. The monoisotopic (exact) mass is 322 g/mol. The lowest BCUT2D eigenvalue weighted by molar-refractivity contribution is -0.390. The molecule has 0 saturated carbocycles. The molecule has 2 heterocycles. The average Bonchev–Trinajstić information content (AvgIpc) is 2.94. The number of nitro groups is 1. The van der Waals surface area contributed by atoms with Gasteiger partial charge in [0, 0.05) is 6.92 Å². The summed E-state index contributed by atoms with van der Waals surface area (Å²) in [6.45, 7) is 1.89. The summed E-state index contributed by atoms with van der Waals surface area (Å²) in [6.07, 6.45) is 0. The van der Waals surface area contributed by atoms with Crippen LogP contribution in [-0.4, -0.2) is 16.7 Å². The summed E-state index contributed by atoms with van der Waals surface area (Å²) >= 11 is 6.08. The fraction of sp³-hybridized carbons (Fsp3) is 0.214. The van der Waals surface area contributed by atoms with Gasteiger partial charge in [0.15, 0.2) is 11.5 Å². The molecular weight excluding hydrogens is 312 g/mol. The molecule has 1 aromatic heterocycles. The third-order valence-electron chi connectivity index (χ3n) is 3.03. The minimum Gasteiger partial charge on any atom is -0.481 e. The lowest BCUT2D eigenvalue weighted by atomic mass is 10.2. The summed E-state index contributed by atoms with van der Waals surface area (Å²) in [6, 6.07) is 6.56. The molecule has 0 radical (unpaired) electrons. The molecule has 1 aromatic carbocycles. The standard InChI is InChI=1S/C14H11ClN2O5/c1-8-2-3-11(14(16-8)17(18)19)20-6-9-4-10(15)13-12(5-9)21-7-22-13/h2-5H,6-7H2,1H3. The first-order chi connectivity index (χ1) is 10.5. The Labute approximate surface area is 130 Å². The van der Waals surface area contributed by atoms with Crippen molar-refractivity contribution in [3.8, 4) is 17.2 Å². The van der Waals surface area contributed by atoms with Crippen LogP contribution < -0.4 is 14.2 Å². The van der Waals surface area contributed by atoms with E-state index in [1.165, 1.54) is 6.07 Å². The van der Waals surface area contributed by atoms with E-state index in [2.05, 4.69) is 4.98 Å². The quantitative estimate of drug-likeness (QED) is 0.634. The minimum atomic E-state index is -0.574. The number of hydrogen-bond donors (Lipinski definition) is 0. The minimum absolute atomic E-state index is 0.0991. The first kappa shape index (κ1) is 14.4. The molecule has 0 bridgehead atoms. The normalized spacial score (nSPS) is 12.3. The number of rotatable bonds is 4. The maximum absolute atomic E-state index is 11.0. The molecule has 7 nitrogen and oxygen atoms in total. The van der Waals surface area contributed by atoms with Gasteiger partial charge in [-0.25, -0.2) is 0 Å². The van der Waals surface area contributed by atoms with Crippen LogP contribution in [0, 0.1) is 17.0 Å². The van der Waals surface area contributed by atoms with Gasteiger partial charge in [-0.3, -0.25) is 0 Å². The van der Waals surface area contributed by atoms with Gasteiger partial charge in [0.25, 0.3) is 0 Å². The van der Waals surface area contributed by atoms with Crippen LogP contribution in [0.25, 0.3) is 0 Å². The van der Waals surface area contributed by atoms with Gasteiger partial charge in [0.1, 0.15) is 12.3 Å². The Morgan fingerprint density at radius 2 is 2.23 bits per heavy atom. The average molecular weight is 323 g/mol. The van der Waals surface area contributed by atoms with E-state index in [0.717, 1.165) is 0 Å². The molecule has 0 amide bonds. The molecule has 0 saturated heterocycles. The van der Waals surface area contributed by atoms with Gasteiger partial charge in [-0.15, -0.1) is 0 Å². The Bertz CT molecular complexity index is 750. The first-order valence-electron chi connectivity index (χ1n) is 6.37. The van der Waals surface area contributed by atoms with Crippen LogP contribution >= 0.6 is 11.6 Å². The van der Waals surface area contributed by atoms with Gasteiger partial charge < -0.3 is 24.3 Å². The van der Waals surface area contributed by atoms with Crippen LogP contribution in [0.5, 0.6) is 17.2 Å². The van der Waals surface area contributed by atoms with Gasteiger partial charge >= 0.3 is 5.82 Å². The van der Waals surface area contributed by atoms with Crippen LogP contribution in [-0.2, 0) is 6.61 Å². The smallest absolute Gasteiger partial charge is 0.406 e. The molecule has 0 N–H and O–H groups in total. The zero-order chi connectivity index (χ0) is 15.7. The molecule has 114 valence electrons. The van der Waals surface area contributed by atoms with Crippen LogP contribution in [0.2, 0.25) is 5.02 Å². The molecule has 0 unspecified atom stereocenters. The predicted octanol–water partition coefficient (Wildman–Crippen LogP) is 3.26. The Morgan fingerprint density at radius 3 is 3.00 bits per heavy atom. The van der Waals surface area contributed by atoms with Crippen LogP contribution in [0.1, 0.15) is 11.3 Å². The molecule has 8 heteroatoms. The Balaban J connectivity index is 1.81. The Kier molecular flexibility index (Phi) is 3.72. The van der Waals surface area contributed by atoms with Crippen molar-refractivity contribution < 1.29 is 19.1 Å². The summed E-state index contributed by atoms with van der Waals surface area (Å²) < 4.78 is 16.0. The summed E-state index contributed by atoms with van der Waals surface area (Å²) in [5.74, 6) is 0.812. The number of fused-ring (bicyclic) bond motifs is 1. The summed E-state index contributed by atoms with van der Waals surface area (Å²) in [7, 11) is 0. The van der Waals surface area contributed by atoms with E-state index in [9.17, 15) is 10.1 Å². The zero-order valence-electron chi connectivity index (χ0n) is 11.5. The van der Waals surface area contributed by atoms with E-state index in [-0.39, 0.29) is 25.0 Å². The lowest BCUT2D eigenvalue weighted by Crippen LogP contribution is -2.02. The van der Waals surface area contributed by atoms with Crippen molar-refractivity contribution in [2.75, 3.05) is 6.79 Å². The topological polar surface area (TPSA) is 83.7 Å². The highest BCUT2D eigenvalue weighted by Gasteiger charge is 2.20. The zero-order valence-corrected chi connectivity index (χ0v) is 12.3. The second-order valence-corrected chi connectivity index (χ2v) is 5.04. The number of nitrogens with zero attached hydrogens (tertiary/aromatic N) is 2. The number of ether oxygens (including phenoxy) is 3. The highest BCUT2D eigenvalue weighted by Crippen LogP contribution is 2.40. The van der Waals surface area contributed by atoms with Gasteiger partial charge in [0.05, 0.1) is 5.02 Å². The SMILES string of the molecule is Cc1ccc(OCc2cc(Cl)c3c(c2)OCO3)c([N+](=O)[O-])n1. The lowest BCUT2D eigenvalue weighted by Gasteiger charge is -2.08. The predicted molar refractivity (Wildman–Crippen MR) is 77.5 cm³/mol. The van der Waals surface area contributed by atoms with E-state index in [0.29, 0.717) is 27.8 Å². The van der Waals surface area contributed by atoms with Crippen LogP contribution in [0.15, 0.2) is 24.3 Å². The first-order valence-corrected chi connectivity index (χ1v) is 6.75. The van der Waals surface area contributed by atoms with Gasteiger partial charge in [-0.1, -0.05) is 11.6 Å². The van der Waals surface area contributed by atoms with Gasteiger partial charge in [-0.2, -0.15) is 0 Å². The van der Waals surface area contributed by atoms with Crippen molar-refractivity contribution in [2.45, 2.75) is 13.5 Å². The molecule has 0 aliphatic carbocycles. The van der Waals surface area contributed by atoms with Crippen molar-refractivity contribution in [3.63, 3.8) is 0 Å². The molecule has 0 spiro atoms. The molecule has 3 rings (SSSR count). The second-order valence-electron chi connectivity index (χ2n) is 4.63. The maximum Gasteiger partial charge on any atom is 0.406 e. The molecule has 0 atom stereocenters. The second kappa shape index (κ2) is 5.69. The van der Waals surface area contributed by atoms with Crippen molar-refractivity contribution >= 4 is 17.4 Å². The van der Waals surface area contributed by atoms with Crippen molar-refractivity contribution in [1.82, 2.24) is 4.98 Å².